The first-order valence-corrected chi connectivity index (χ1v) is 3.84. The molecule has 0 fully saturated rings. The molecule has 0 aromatic carbocycles. The highest BCUT2D eigenvalue weighted by molar-refractivity contribution is 4.49. The lowest BCUT2D eigenvalue weighted by Crippen LogP contribution is -2.02. The minimum Gasteiger partial charge on any atom is -0.330 e. The van der Waals surface area contributed by atoms with Gasteiger partial charge in [-0.1, -0.05) is 20.3 Å². The second kappa shape index (κ2) is 11.6. The van der Waals surface area contributed by atoms with Crippen molar-refractivity contribution in [3.63, 3.8) is 0 Å². The maximum absolute atomic E-state index is 5.33. The lowest BCUT2D eigenvalue weighted by molar-refractivity contribution is 0.499. The van der Waals surface area contributed by atoms with Gasteiger partial charge in [0.05, 0.1) is 0 Å². The summed E-state index contributed by atoms with van der Waals surface area (Å²) in [5.74, 6) is 8.87. The number of hydrogen-bond donors (Lipinski definition) is 3. The molecule has 1 unspecified atom stereocenters. The topological polar surface area (TPSA) is 78.1 Å². The number of nitrogens with two attached hydrogens (primary N) is 3. The Hall–Kier alpha value is -0.120. The molecule has 64 valence electrons. The van der Waals surface area contributed by atoms with Gasteiger partial charge in [0.2, 0.25) is 0 Å². The first-order chi connectivity index (χ1) is 4.81. The molecule has 0 saturated heterocycles. The van der Waals surface area contributed by atoms with Gasteiger partial charge in [-0.2, -0.15) is 0 Å². The van der Waals surface area contributed by atoms with Crippen molar-refractivity contribution in [3.05, 3.63) is 0 Å². The molecule has 0 aliphatic heterocycles. The second-order valence-electron chi connectivity index (χ2n) is 2.44. The molecule has 0 aliphatic carbocycles. The highest BCUT2D eigenvalue weighted by Gasteiger charge is 1.94. The summed E-state index contributed by atoms with van der Waals surface area (Å²) in [6, 6.07) is 0. The molecule has 0 amide bonds. The molecule has 0 aromatic rings. The molecule has 0 radical (unpaired) electrons. The van der Waals surface area contributed by atoms with Crippen LogP contribution in [0.5, 0.6) is 0 Å². The monoisotopic (exact) mass is 147 g/mol. The first-order valence-electron chi connectivity index (χ1n) is 3.84. The Morgan fingerprint density at radius 2 is 1.80 bits per heavy atom. The van der Waals surface area contributed by atoms with Crippen molar-refractivity contribution in [2.24, 2.45) is 23.3 Å². The Morgan fingerprint density at radius 3 is 2.10 bits per heavy atom. The maximum atomic E-state index is 5.33. The molecule has 6 N–H and O–H groups in total. The summed E-state index contributed by atoms with van der Waals surface area (Å²) in [5, 5.41) is 0. The van der Waals surface area contributed by atoms with Gasteiger partial charge in [0, 0.05) is 0 Å². The molecular formula is C7H21N3. The molecule has 0 heterocycles. The minimum absolute atomic E-state index is 0.852. The van der Waals surface area contributed by atoms with Crippen LogP contribution < -0.4 is 17.4 Å². The molecule has 0 saturated carbocycles. The van der Waals surface area contributed by atoms with Crippen molar-refractivity contribution in [1.29, 1.82) is 0 Å². The zero-order valence-electron chi connectivity index (χ0n) is 7.14. The Balaban J connectivity index is 0. The van der Waals surface area contributed by atoms with E-state index in [2.05, 4.69) is 25.5 Å². The Morgan fingerprint density at radius 1 is 1.30 bits per heavy atom. The van der Waals surface area contributed by atoms with Crippen molar-refractivity contribution >= 4 is 0 Å². The molecule has 0 bridgehead atoms. The smallest absolute Gasteiger partial charge is 0.00772 e. The van der Waals surface area contributed by atoms with E-state index >= 15 is 0 Å². The van der Waals surface area contributed by atoms with Gasteiger partial charge in [-0.3, -0.25) is 11.7 Å². The van der Waals surface area contributed by atoms with Gasteiger partial charge < -0.3 is 5.73 Å². The van der Waals surface area contributed by atoms with E-state index in [1.165, 1.54) is 19.3 Å². The van der Waals surface area contributed by atoms with Crippen LogP contribution >= 0.6 is 0 Å². The third-order valence-electron chi connectivity index (χ3n) is 1.60. The van der Waals surface area contributed by atoms with E-state index in [0.717, 1.165) is 12.5 Å². The van der Waals surface area contributed by atoms with Crippen LogP contribution in [0, 0.1) is 5.92 Å². The average Bonchev–Trinajstić information content (AvgIpc) is 2.04. The minimum atomic E-state index is 0.852. The van der Waals surface area contributed by atoms with E-state index in [1.807, 2.05) is 0 Å². The van der Waals surface area contributed by atoms with Crippen molar-refractivity contribution in [2.45, 2.75) is 33.1 Å². The van der Waals surface area contributed by atoms with Crippen molar-refractivity contribution in [1.82, 2.24) is 0 Å². The van der Waals surface area contributed by atoms with Crippen LogP contribution in [0.4, 0.5) is 0 Å². The van der Waals surface area contributed by atoms with Gasteiger partial charge >= 0.3 is 0 Å². The van der Waals surface area contributed by atoms with Gasteiger partial charge in [-0.25, -0.2) is 0 Å². The van der Waals surface area contributed by atoms with E-state index < -0.39 is 0 Å². The quantitative estimate of drug-likeness (QED) is 0.402. The fourth-order valence-electron chi connectivity index (χ4n) is 0.670. The van der Waals surface area contributed by atoms with Crippen molar-refractivity contribution in [2.75, 3.05) is 6.54 Å². The van der Waals surface area contributed by atoms with Crippen LogP contribution in [0.1, 0.15) is 33.1 Å². The van der Waals surface area contributed by atoms with E-state index in [-0.39, 0.29) is 0 Å². The number of hydrogen-bond acceptors (Lipinski definition) is 3. The second-order valence-corrected chi connectivity index (χ2v) is 2.44. The van der Waals surface area contributed by atoms with Crippen LogP contribution in [-0.4, -0.2) is 6.54 Å². The lowest BCUT2D eigenvalue weighted by atomic mass is 10.0. The molecule has 0 spiro atoms. The van der Waals surface area contributed by atoms with Crippen LogP contribution in [0.3, 0.4) is 0 Å². The highest BCUT2D eigenvalue weighted by atomic mass is 15.0. The van der Waals surface area contributed by atoms with E-state index in [0.29, 0.717) is 0 Å². The number of hydrazine groups is 1. The third kappa shape index (κ3) is 10.8. The normalized spacial score (nSPS) is 11.7. The zero-order valence-corrected chi connectivity index (χ0v) is 7.14. The molecule has 3 nitrogen and oxygen atoms in total. The van der Waals surface area contributed by atoms with Gasteiger partial charge in [0.15, 0.2) is 0 Å². The maximum Gasteiger partial charge on any atom is -0.00772 e. The lowest BCUT2D eigenvalue weighted by Gasteiger charge is -2.04. The highest BCUT2D eigenvalue weighted by Crippen LogP contribution is 2.07. The standard InChI is InChI=1S/C7H17N.H4N2/c1-3-7(2)5-4-6-8;1-2/h7H,3-6,8H2,1-2H3;1-2H2. The summed E-state index contributed by atoms with van der Waals surface area (Å²) >= 11 is 0. The molecule has 0 aromatic heterocycles. The van der Waals surface area contributed by atoms with Gasteiger partial charge in [-0.15, -0.1) is 0 Å². The fourth-order valence-corrected chi connectivity index (χ4v) is 0.670. The Bertz CT molecular complexity index is 48.1. The van der Waals surface area contributed by atoms with E-state index in [9.17, 15) is 0 Å². The fraction of sp³-hybridized carbons (Fsp3) is 1.00. The Kier molecular flexibility index (Phi) is 14.6. The predicted octanol–water partition coefficient (Wildman–Crippen LogP) is 0.590. The third-order valence-corrected chi connectivity index (χ3v) is 1.60. The van der Waals surface area contributed by atoms with Gasteiger partial charge in [-0.05, 0) is 25.3 Å². The molecule has 10 heavy (non-hydrogen) atoms. The van der Waals surface area contributed by atoms with E-state index in [1.54, 1.807) is 0 Å². The van der Waals surface area contributed by atoms with E-state index in [4.69, 9.17) is 5.73 Å². The first kappa shape index (κ1) is 12.5. The van der Waals surface area contributed by atoms with Crippen LogP contribution in [0.15, 0.2) is 0 Å². The summed E-state index contributed by atoms with van der Waals surface area (Å²) in [4.78, 5) is 0. The van der Waals surface area contributed by atoms with Crippen LogP contribution in [-0.2, 0) is 0 Å². The van der Waals surface area contributed by atoms with Crippen molar-refractivity contribution < 1.29 is 0 Å². The molecule has 0 aliphatic rings. The molecule has 3 heteroatoms. The summed E-state index contributed by atoms with van der Waals surface area (Å²) < 4.78 is 0. The predicted molar refractivity (Wildman–Crippen MR) is 46.1 cm³/mol. The zero-order chi connectivity index (χ0) is 8.41. The van der Waals surface area contributed by atoms with Gasteiger partial charge in [0.25, 0.3) is 0 Å². The Labute approximate surface area is 63.9 Å². The summed E-state index contributed by atoms with van der Waals surface area (Å²) in [6.45, 7) is 5.35. The van der Waals surface area contributed by atoms with Crippen LogP contribution in [0.2, 0.25) is 0 Å². The summed E-state index contributed by atoms with van der Waals surface area (Å²) in [6.07, 6.45) is 3.78. The largest absolute Gasteiger partial charge is 0.330 e. The SMILES string of the molecule is CCC(C)CCCN.NN. The van der Waals surface area contributed by atoms with Gasteiger partial charge in [0.1, 0.15) is 0 Å². The average molecular weight is 147 g/mol. The number of rotatable bonds is 4. The molecule has 0 rings (SSSR count). The van der Waals surface area contributed by atoms with Crippen molar-refractivity contribution in [3.8, 4) is 0 Å². The summed E-state index contributed by atoms with van der Waals surface area (Å²) in [7, 11) is 0. The molecule has 1 atom stereocenters. The van der Waals surface area contributed by atoms with Crippen LogP contribution in [0.25, 0.3) is 0 Å². The summed E-state index contributed by atoms with van der Waals surface area (Å²) in [5.41, 5.74) is 5.33. The molecular weight excluding hydrogens is 126 g/mol.